The van der Waals surface area contributed by atoms with Crippen LogP contribution in [0.1, 0.15) is 29.7 Å². The van der Waals surface area contributed by atoms with Crippen molar-refractivity contribution in [3.8, 4) is 0 Å². The van der Waals surface area contributed by atoms with Gasteiger partial charge in [-0.3, -0.25) is 9.78 Å². The molecule has 1 aliphatic rings. The van der Waals surface area contributed by atoms with Gasteiger partial charge in [0.1, 0.15) is 0 Å². The zero-order valence-corrected chi connectivity index (χ0v) is 15.7. The third kappa shape index (κ3) is 4.01. The smallest absolute Gasteiger partial charge is 0.227 e. The average Bonchev–Trinajstić information content (AvgIpc) is 2.74. The molecule has 0 radical (unpaired) electrons. The molecule has 0 aliphatic carbocycles. The summed E-state index contributed by atoms with van der Waals surface area (Å²) in [7, 11) is 0. The number of benzene rings is 2. The highest BCUT2D eigenvalue weighted by atomic mass is 16.2. The van der Waals surface area contributed by atoms with Crippen LogP contribution in [0.4, 0.5) is 0 Å². The largest absolute Gasteiger partial charge is 0.339 e. The molecule has 2 heterocycles. The van der Waals surface area contributed by atoms with Gasteiger partial charge in [-0.05, 0) is 41.3 Å². The van der Waals surface area contributed by atoms with E-state index in [2.05, 4.69) is 47.6 Å². The van der Waals surface area contributed by atoms with Crippen LogP contribution in [-0.2, 0) is 17.6 Å². The van der Waals surface area contributed by atoms with Crippen LogP contribution in [0.25, 0.3) is 10.9 Å². The number of amides is 1. The van der Waals surface area contributed by atoms with E-state index < -0.39 is 0 Å². The number of nitrogens with one attached hydrogen (secondary N) is 1. The summed E-state index contributed by atoms with van der Waals surface area (Å²) in [6, 6.07) is 19.0. The molecule has 3 aromatic rings. The molecule has 4 heteroatoms. The number of carbonyl (C=O) groups is 1. The summed E-state index contributed by atoms with van der Waals surface area (Å²) in [4.78, 5) is 19.2. The van der Waals surface area contributed by atoms with Crippen molar-refractivity contribution in [2.45, 2.75) is 25.8 Å². The van der Waals surface area contributed by atoms with Crippen LogP contribution < -0.4 is 5.32 Å². The number of nitrogens with zero attached hydrogens (tertiary/aromatic N) is 2. The Kier molecular flexibility index (Phi) is 5.16. The van der Waals surface area contributed by atoms with Crippen molar-refractivity contribution >= 4 is 16.8 Å². The number of piperazine rings is 1. The quantitative estimate of drug-likeness (QED) is 0.775. The molecule has 4 nitrogen and oxygen atoms in total. The van der Waals surface area contributed by atoms with Crippen molar-refractivity contribution in [1.82, 2.24) is 15.2 Å². The predicted molar refractivity (Wildman–Crippen MR) is 109 cm³/mol. The van der Waals surface area contributed by atoms with E-state index in [1.807, 2.05) is 29.2 Å². The van der Waals surface area contributed by atoms with Crippen molar-refractivity contribution in [2.75, 3.05) is 19.6 Å². The minimum absolute atomic E-state index is 0.190. The Labute approximate surface area is 160 Å². The van der Waals surface area contributed by atoms with Gasteiger partial charge in [-0.2, -0.15) is 0 Å². The van der Waals surface area contributed by atoms with Gasteiger partial charge < -0.3 is 10.2 Å². The lowest BCUT2D eigenvalue weighted by molar-refractivity contribution is -0.131. The summed E-state index contributed by atoms with van der Waals surface area (Å²) in [6.45, 7) is 4.47. The zero-order valence-electron chi connectivity index (χ0n) is 15.7. The van der Waals surface area contributed by atoms with E-state index in [1.165, 1.54) is 11.1 Å². The molecule has 138 valence electrons. The van der Waals surface area contributed by atoms with Crippen LogP contribution in [-0.4, -0.2) is 35.4 Å². The molecule has 1 unspecified atom stereocenters. The van der Waals surface area contributed by atoms with Crippen molar-refractivity contribution in [1.29, 1.82) is 0 Å². The summed E-state index contributed by atoms with van der Waals surface area (Å²) in [5.41, 5.74) is 4.60. The van der Waals surface area contributed by atoms with Crippen LogP contribution in [0.3, 0.4) is 0 Å². The lowest BCUT2D eigenvalue weighted by atomic mass is 10.0. The third-order valence-electron chi connectivity index (χ3n) is 5.34. The maximum atomic E-state index is 12.9. The number of hydrogen-bond donors (Lipinski definition) is 1. The lowest BCUT2D eigenvalue weighted by Gasteiger charge is -2.34. The molecule has 0 spiro atoms. The third-order valence-corrected chi connectivity index (χ3v) is 5.34. The van der Waals surface area contributed by atoms with Gasteiger partial charge in [-0.25, -0.2) is 0 Å². The van der Waals surface area contributed by atoms with Crippen LogP contribution in [0, 0.1) is 0 Å². The van der Waals surface area contributed by atoms with Crippen LogP contribution in [0.2, 0.25) is 0 Å². The molecule has 1 aliphatic heterocycles. The minimum Gasteiger partial charge on any atom is -0.339 e. The molecule has 2 aromatic carbocycles. The predicted octanol–water partition coefficient (Wildman–Crippen LogP) is 3.51. The van der Waals surface area contributed by atoms with Crippen molar-refractivity contribution < 1.29 is 4.79 Å². The van der Waals surface area contributed by atoms with Gasteiger partial charge >= 0.3 is 0 Å². The van der Waals surface area contributed by atoms with E-state index in [-0.39, 0.29) is 11.9 Å². The van der Waals surface area contributed by atoms with E-state index in [9.17, 15) is 4.79 Å². The van der Waals surface area contributed by atoms with Gasteiger partial charge in [-0.1, -0.05) is 43.3 Å². The number of fused-ring (bicyclic) bond motifs is 1. The van der Waals surface area contributed by atoms with E-state index in [1.54, 1.807) is 6.20 Å². The van der Waals surface area contributed by atoms with Gasteiger partial charge in [0.2, 0.25) is 5.91 Å². The Hall–Kier alpha value is -2.72. The van der Waals surface area contributed by atoms with Gasteiger partial charge in [0.25, 0.3) is 0 Å². The molecule has 0 bridgehead atoms. The monoisotopic (exact) mass is 359 g/mol. The number of carbonyl (C=O) groups excluding carboxylic acids is 1. The Morgan fingerprint density at radius 1 is 1.15 bits per heavy atom. The second-order valence-electron chi connectivity index (χ2n) is 7.15. The molecule has 1 fully saturated rings. The molecule has 27 heavy (non-hydrogen) atoms. The van der Waals surface area contributed by atoms with Crippen LogP contribution in [0.5, 0.6) is 0 Å². The SMILES string of the molecule is CCc1ccc(C2CN(C(=O)Cc3ccc4ncccc4c3)CCN2)cc1. The average molecular weight is 359 g/mol. The maximum Gasteiger partial charge on any atom is 0.227 e. The zero-order chi connectivity index (χ0) is 18.6. The van der Waals surface area contributed by atoms with E-state index in [4.69, 9.17) is 0 Å². The fraction of sp³-hybridized carbons (Fsp3) is 0.304. The minimum atomic E-state index is 0.190. The van der Waals surface area contributed by atoms with Gasteiger partial charge in [0, 0.05) is 37.3 Å². The normalized spacial score (nSPS) is 17.2. The van der Waals surface area contributed by atoms with Crippen molar-refractivity contribution in [3.05, 3.63) is 77.5 Å². The molecule has 1 saturated heterocycles. The fourth-order valence-corrected chi connectivity index (χ4v) is 3.71. The highest BCUT2D eigenvalue weighted by molar-refractivity contribution is 5.83. The number of pyridine rings is 1. The standard InChI is InChI=1S/C23H25N3O/c1-2-17-5-8-19(9-6-17)22-16-26(13-12-25-22)23(27)15-18-7-10-21-20(14-18)4-3-11-24-21/h3-11,14,22,25H,2,12-13,15-16H2,1H3. The second kappa shape index (κ2) is 7.89. The first-order chi connectivity index (χ1) is 13.2. The van der Waals surface area contributed by atoms with Crippen molar-refractivity contribution in [3.63, 3.8) is 0 Å². The van der Waals surface area contributed by atoms with Gasteiger partial charge in [-0.15, -0.1) is 0 Å². The summed E-state index contributed by atoms with van der Waals surface area (Å²) in [6.07, 6.45) is 3.28. The highest BCUT2D eigenvalue weighted by Crippen LogP contribution is 2.20. The number of aryl methyl sites for hydroxylation is 1. The number of rotatable bonds is 4. The molecular formula is C23H25N3O. The lowest BCUT2D eigenvalue weighted by Crippen LogP contribution is -2.48. The van der Waals surface area contributed by atoms with Crippen molar-refractivity contribution in [2.24, 2.45) is 0 Å². The molecule has 0 saturated carbocycles. The molecule has 1 amide bonds. The molecular weight excluding hydrogens is 334 g/mol. The van der Waals surface area contributed by atoms with Crippen LogP contribution >= 0.6 is 0 Å². The Bertz CT molecular complexity index is 936. The van der Waals surface area contributed by atoms with E-state index >= 15 is 0 Å². The second-order valence-corrected chi connectivity index (χ2v) is 7.15. The maximum absolute atomic E-state index is 12.9. The summed E-state index contributed by atoms with van der Waals surface area (Å²) in [5.74, 6) is 0.190. The molecule has 1 aromatic heterocycles. The van der Waals surface area contributed by atoms with Crippen LogP contribution in [0.15, 0.2) is 60.8 Å². The Morgan fingerprint density at radius 3 is 2.78 bits per heavy atom. The number of aromatic nitrogens is 1. The van der Waals surface area contributed by atoms with E-state index in [0.717, 1.165) is 42.5 Å². The highest BCUT2D eigenvalue weighted by Gasteiger charge is 2.24. The topological polar surface area (TPSA) is 45.2 Å². The summed E-state index contributed by atoms with van der Waals surface area (Å²) < 4.78 is 0. The first kappa shape index (κ1) is 17.7. The number of hydrogen-bond acceptors (Lipinski definition) is 3. The van der Waals surface area contributed by atoms with Gasteiger partial charge in [0.05, 0.1) is 11.9 Å². The first-order valence-electron chi connectivity index (χ1n) is 9.66. The molecule has 1 atom stereocenters. The molecule has 1 N–H and O–H groups in total. The Morgan fingerprint density at radius 2 is 1.96 bits per heavy atom. The summed E-state index contributed by atoms with van der Waals surface area (Å²) in [5, 5.41) is 4.62. The first-order valence-corrected chi connectivity index (χ1v) is 9.66. The summed E-state index contributed by atoms with van der Waals surface area (Å²) >= 11 is 0. The van der Waals surface area contributed by atoms with E-state index in [0.29, 0.717) is 6.42 Å². The Balaban J connectivity index is 1.44. The fourth-order valence-electron chi connectivity index (χ4n) is 3.71. The molecule has 4 rings (SSSR count). The van der Waals surface area contributed by atoms with Gasteiger partial charge in [0.15, 0.2) is 0 Å².